The van der Waals surface area contributed by atoms with E-state index >= 15 is 0 Å². The minimum atomic E-state index is -0.436. The zero-order valence-corrected chi connectivity index (χ0v) is 15.9. The number of nitrogens with one attached hydrogen (secondary N) is 1. The number of carbonyl (C=O) groups excluding carboxylic acids is 2. The van der Waals surface area contributed by atoms with Gasteiger partial charge in [0.1, 0.15) is 12.3 Å². The Hall–Kier alpha value is -3.44. The first kappa shape index (κ1) is 19.3. The van der Waals surface area contributed by atoms with Crippen LogP contribution in [-0.4, -0.2) is 33.0 Å². The molecule has 0 bridgehead atoms. The number of oxazole rings is 1. The Morgan fingerprint density at radius 1 is 1.39 bits per heavy atom. The number of rotatable bonds is 6. The second kappa shape index (κ2) is 8.06. The number of halogens is 1. The molecule has 8 nitrogen and oxygen atoms in total. The van der Waals surface area contributed by atoms with Gasteiger partial charge in [0.15, 0.2) is 5.69 Å². The molecule has 0 radical (unpaired) electrons. The summed E-state index contributed by atoms with van der Waals surface area (Å²) in [5, 5.41) is 16.6. The topological polar surface area (TPSA) is 114 Å². The lowest BCUT2D eigenvalue weighted by molar-refractivity contribution is 0.0942. The number of benzene rings is 1. The van der Waals surface area contributed by atoms with Gasteiger partial charge in [-0.1, -0.05) is 17.7 Å². The lowest BCUT2D eigenvalue weighted by Crippen LogP contribution is -2.30. The fourth-order valence-electron chi connectivity index (χ4n) is 2.47. The van der Waals surface area contributed by atoms with Crippen LogP contribution < -0.4 is 5.32 Å². The molecule has 0 aliphatic rings. The van der Waals surface area contributed by atoms with Crippen LogP contribution in [0.4, 0.5) is 0 Å². The molecule has 0 spiro atoms. The van der Waals surface area contributed by atoms with Crippen molar-refractivity contribution in [3.05, 3.63) is 58.9 Å². The Bertz CT molecular complexity index is 1080. The van der Waals surface area contributed by atoms with Crippen LogP contribution in [0.3, 0.4) is 0 Å². The fourth-order valence-corrected chi connectivity index (χ4v) is 2.69. The molecule has 1 unspecified atom stereocenters. The lowest BCUT2D eigenvalue weighted by Gasteiger charge is -2.12. The van der Waals surface area contributed by atoms with Gasteiger partial charge in [-0.2, -0.15) is 10.4 Å². The van der Waals surface area contributed by atoms with Gasteiger partial charge in [-0.3, -0.25) is 14.3 Å². The molecule has 0 fully saturated rings. The Balaban J connectivity index is 1.64. The molecule has 1 aromatic carbocycles. The van der Waals surface area contributed by atoms with Crippen molar-refractivity contribution in [3.8, 4) is 17.3 Å². The number of Topliss-reactive ketones (excluding diaryl/α,β-unsaturated/α-hetero) is 1. The number of hydrogen-bond donors (Lipinski definition) is 1. The highest BCUT2D eigenvalue weighted by molar-refractivity contribution is 6.32. The van der Waals surface area contributed by atoms with Crippen molar-refractivity contribution in [2.75, 3.05) is 6.54 Å². The van der Waals surface area contributed by atoms with Crippen molar-refractivity contribution in [2.24, 2.45) is 0 Å². The van der Waals surface area contributed by atoms with Crippen molar-refractivity contribution in [1.29, 1.82) is 5.26 Å². The number of carbonyl (C=O) groups is 2. The third-order valence-corrected chi connectivity index (χ3v) is 4.35. The van der Waals surface area contributed by atoms with E-state index in [4.69, 9.17) is 21.3 Å². The van der Waals surface area contributed by atoms with E-state index < -0.39 is 5.91 Å². The van der Waals surface area contributed by atoms with Gasteiger partial charge < -0.3 is 9.73 Å². The second-order valence-corrected chi connectivity index (χ2v) is 6.55. The molecule has 0 aliphatic heterocycles. The van der Waals surface area contributed by atoms with E-state index in [1.54, 1.807) is 29.1 Å². The largest absolute Gasteiger partial charge is 0.441 e. The molecule has 0 aliphatic carbocycles. The first-order valence-corrected chi connectivity index (χ1v) is 8.76. The lowest BCUT2D eigenvalue weighted by atomic mass is 10.1. The highest BCUT2D eigenvalue weighted by Gasteiger charge is 2.16. The average Bonchev–Trinajstić information content (AvgIpc) is 3.35. The van der Waals surface area contributed by atoms with Crippen molar-refractivity contribution in [2.45, 2.75) is 19.9 Å². The Morgan fingerprint density at radius 3 is 2.82 bits per heavy atom. The minimum Gasteiger partial charge on any atom is -0.441 e. The second-order valence-electron chi connectivity index (χ2n) is 6.14. The van der Waals surface area contributed by atoms with E-state index in [9.17, 15) is 9.59 Å². The normalized spacial score (nSPS) is 11.6. The quantitative estimate of drug-likeness (QED) is 0.638. The Labute approximate surface area is 165 Å². The van der Waals surface area contributed by atoms with E-state index in [-0.39, 0.29) is 23.4 Å². The van der Waals surface area contributed by atoms with Crippen LogP contribution >= 0.6 is 11.6 Å². The zero-order chi connectivity index (χ0) is 20.3. The van der Waals surface area contributed by atoms with Crippen molar-refractivity contribution in [3.63, 3.8) is 0 Å². The Morgan fingerprint density at radius 2 is 2.18 bits per heavy atom. The summed E-state index contributed by atoms with van der Waals surface area (Å²) in [4.78, 5) is 27.2. The first-order valence-electron chi connectivity index (χ1n) is 8.39. The number of hydrogen-bond acceptors (Lipinski definition) is 6. The SMILES string of the molecule is CC(=O)c1nc(C(=O)NCC(C)n2ccc(-c3ccc(C#N)c(Cl)c3)n2)co1. The van der Waals surface area contributed by atoms with Crippen LogP contribution in [0.1, 0.15) is 46.6 Å². The van der Waals surface area contributed by atoms with Crippen LogP contribution in [0.2, 0.25) is 5.02 Å². The number of amides is 1. The molecule has 2 aromatic heterocycles. The van der Waals surface area contributed by atoms with Crippen LogP contribution in [-0.2, 0) is 0 Å². The minimum absolute atomic E-state index is 0.0470. The maximum Gasteiger partial charge on any atom is 0.273 e. The summed E-state index contributed by atoms with van der Waals surface area (Å²) in [7, 11) is 0. The van der Waals surface area contributed by atoms with Crippen molar-refractivity contribution < 1.29 is 14.0 Å². The summed E-state index contributed by atoms with van der Waals surface area (Å²) < 4.78 is 6.66. The smallest absolute Gasteiger partial charge is 0.273 e. The number of aromatic nitrogens is 3. The molecule has 0 saturated carbocycles. The van der Waals surface area contributed by atoms with Gasteiger partial charge >= 0.3 is 0 Å². The molecule has 1 amide bonds. The number of ketones is 1. The predicted octanol–water partition coefficient (Wildman–Crippen LogP) is 3.26. The van der Waals surface area contributed by atoms with Crippen LogP contribution in [0.5, 0.6) is 0 Å². The average molecular weight is 398 g/mol. The third kappa shape index (κ3) is 4.10. The van der Waals surface area contributed by atoms with Gasteiger partial charge in [-0.25, -0.2) is 4.98 Å². The van der Waals surface area contributed by atoms with Crippen LogP contribution in [0.25, 0.3) is 11.3 Å². The van der Waals surface area contributed by atoms with E-state index in [0.717, 1.165) is 11.8 Å². The molecule has 9 heteroatoms. The van der Waals surface area contributed by atoms with Crippen LogP contribution in [0, 0.1) is 11.3 Å². The molecular formula is C19H16ClN5O3. The van der Waals surface area contributed by atoms with Gasteiger partial charge in [0.2, 0.25) is 5.78 Å². The predicted molar refractivity (Wildman–Crippen MR) is 101 cm³/mol. The number of nitriles is 1. The van der Waals surface area contributed by atoms with Gasteiger partial charge in [0.05, 0.1) is 22.3 Å². The Kier molecular flexibility index (Phi) is 5.57. The highest BCUT2D eigenvalue weighted by Crippen LogP contribution is 2.24. The molecule has 142 valence electrons. The molecule has 1 N–H and O–H groups in total. The molecule has 3 rings (SSSR count). The molecule has 2 heterocycles. The zero-order valence-electron chi connectivity index (χ0n) is 15.1. The van der Waals surface area contributed by atoms with Gasteiger partial charge in [0.25, 0.3) is 11.8 Å². The molecule has 3 aromatic rings. The van der Waals surface area contributed by atoms with E-state index in [1.807, 2.05) is 19.1 Å². The summed E-state index contributed by atoms with van der Waals surface area (Å²) >= 11 is 6.07. The van der Waals surface area contributed by atoms with Crippen molar-refractivity contribution >= 4 is 23.3 Å². The fraction of sp³-hybridized carbons (Fsp3) is 0.211. The standard InChI is InChI=1S/C19H16ClN5O3/c1-11(9-22-18(27)17-10-28-19(23-17)12(2)26)25-6-5-16(24-25)13-3-4-14(8-21)15(20)7-13/h3-7,10-11H,9H2,1-2H3,(H,22,27). The highest BCUT2D eigenvalue weighted by atomic mass is 35.5. The molecule has 0 saturated heterocycles. The van der Waals surface area contributed by atoms with Gasteiger partial charge in [0, 0.05) is 25.2 Å². The summed E-state index contributed by atoms with van der Waals surface area (Å²) in [6.07, 6.45) is 2.94. The van der Waals surface area contributed by atoms with Crippen molar-refractivity contribution in [1.82, 2.24) is 20.1 Å². The first-order chi connectivity index (χ1) is 13.4. The monoisotopic (exact) mass is 397 g/mol. The maximum atomic E-state index is 12.1. The summed E-state index contributed by atoms with van der Waals surface area (Å²) in [5.41, 5.74) is 1.94. The maximum absolute atomic E-state index is 12.1. The summed E-state index contributed by atoms with van der Waals surface area (Å²) in [5.74, 6) is -0.884. The molecule has 1 atom stereocenters. The summed E-state index contributed by atoms with van der Waals surface area (Å²) in [6, 6.07) is 8.83. The molecular weight excluding hydrogens is 382 g/mol. The van der Waals surface area contributed by atoms with Gasteiger partial charge in [-0.15, -0.1) is 0 Å². The summed E-state index contributed by atoms with van der Waals surface area (Å²) in [6.45, 7) is 3.51. The van der Waals surface area contributed by atoms with Crippen LogP contribution in [0.15, 0.2) is 41.1 Å². The van der Waals surface area contributed by atoms with E-state index in [1.165, 1.54) is 6.92 Å². The van der Waals surface area contributed by atoms with E-state index in [2.05, 4.69) is 15.4 Å². The number of nitrogens with zero attached hydrogens (tertiary/aromatic N) is 4. The van der Waals surface area contributed by atoms with E-state index in [0.29, 0.717) is 22.8 Å². The molecule has 28 heavy (non-hydrogen) atoms. The third-order valence-electron chi connectivity index (χ3n) is 4.04. The van der Waals surface area contributed by atoms with Gasteiger partial charge in [-0.05, 0) is 25.1 Å².